The monoisotopic (exact) mass is 347 g/mol. The number of nitrogens with zero attached hydrogens (tertiary/aromatic N) is 1. The quantitative estimate of drug-likeness (QED) is 0.568. The van der Waals surface area contributed by atoms with Gasteiger partial charge in [-0.2, -0.15) is 0 Å². The minimum Gasteiger partial charge on any atom is -0.456 e. The van der Waals surface area contributed by atoms with Gasteiger partial charge in [0.1, 0.15) is 0 Å². The van der Waals surface area contributed by atoms with Crippen LogP contribution in [0.15, 0.2) is 18.2 Å². The molecule has 1 saturated heterocycles. The number of hydrogen-bond acceptors (Lipinski definition) is 5. The van der Waals surface area contributed by atoms with Crippen LogP contribution in [-0.2, 0) is 19.1 Å². The van der Waals surface area contributed by atoms with Crippen molar-refractivity contribution in [2.45, 2.75) is 26.7 Å². The predicted molar refractivity (Wildman–Crippen MR) is 89.9 cm³/mol. The maximum absolute atomic E-state index is 11.8. The lowest BCUT2D eigenvalue weighted by Crippen LogP contribution is -2.32. The molecule has 1 aliphatic rings. The fourth-order valence-corrected chi connectivity index (χ4v) is 2.53. The van der Waals surface area contributed by atoms with Crippen molar-refractivity contribution in [3.63, 3.8) is 0 Å². The lowest BCUT2D eigenvalue weighted by molar-refractivity contribution is -0.147. The second kappa shape index (κ2) is 8.27. The summed E-state index contributed by atoms with van der Waals surface area (Å²) in [7, 11) is 0. The van der Waals surface area contributed by atoms with Gasteiger partial charge in [-0.05, 0) is 43.5 Å². The number of aryl methyl sites for hydroxylation is 2. The summed E-state index contributed by atoms with van der Waals surface area (Å²) in [5.41, 5.74) is 2.69. The molecule has 1 fully saturated rings. The summed E-state index contributed by atoms with van der Waals surface area (Å²) in [6, 6.07) is 5.18. The standard InChI is InChI=1S/C17H21N3O5/c1-11-6-12(2)8-13(7-11)19-14(21)10-25-16(23)4-3-5-20-15(22)9-18-17(20)24/h6-8H,3-5,9-10H2,1-2H3,(H,18,24)(H,19,21). The summed E-state index contributed by atoms with van der Waals surface area (Å²) >= 11 is 0. The maximum atomic E-state index is 11.8. The Kier molecular flexibility index (Phi) is 6.10. The number of rotatable bonds is 7. The van der Waals surface area contributed by atoms with E-state index in [1.54, 1.807) is 0 Å². The van der Waals surface area contributed by atoms with Crippen molar-refractivity contribution in [3.05, 3.63) is 29.3 Å². The molecule has 4 amide bonds. The van der Waals surface area contributed by atoms with Crippen molar-refractivity contribution < 1.29 is 23.9 Å². The fraction of sp³-hybridized carbons (Fsp3) is 0.412. The van der Waals surface area contributed by atoms with Gasteiger partial charge in [0.2, 0.25) is 5.91 Å². The summed E-state index contributed by atoms with van der Waals surface area (Å²) in [6.45, 7) is 3.60. The van der Waals surface area contributed by atoms with Crippen molar-refractivity contribution >= 4 is 29.5 Å². The molecule has 1 heterocycles. The molecule has 0 aromatic heterocycles. The number of amides is 4. The van der Waals surface area contributed by atoms with Crippen LogP contribution in [0.5, 0.6) is 0 Å². The molecule has 0 bridgehead atoms. The van der Waals surface area contributed by atoms with Gasteiger partial charge in [-0.15, -0.1) is 0 Å². The predicted octanol–water partition coefficient (Wildman–Crippen LogP) is 1.12. The minimum absolute atomic E-state index is 0.0120. The number of esters is 1. The lowest BCUT2D eigenvalue weighted by atomic mass is 10.1. The summed E-state index contributed by atoms with van der Waals surface area (Å²) in [6.07, 6.45) is 0.310. The molecule has 134 valence electrons. The number of urea groups is 1. The van der Waals surface area contributed by atoms with Gasteiger partial charge in [-0.3, -0.25) is 19.3 Å². The first kappa shape index (κ1) is 18.4. The van der Waals surface area contributed by atoms with Crippen LogP contribution in [0, 0.1) is 13.8 Å². The van der Waals surface area contributed by atoms with Crippen LogP contribution in [0.4, 0.5) is 10.5 Å². The highest BCUT2D eigenvalue weighted by atomic mass is 16.5. The Hall–Kier alpha value is -2.90. The molecule has 0 saturated carbocycles. The number of carbonyl (C=O) groups excluding carboxylic acids is 4. The van der Waals surface area contributed by atoms with Gasteiger partial charge in [0.05, 0.1) is 6.54 Å². The van der Waals surface area contributed by atoms with Crippen molar-refractivity contribution in [3.8, 4) is 0 Å². The van der Waals surface area contributed by atoms with Crippen LogP contribution in [0.1, 0.15) is 24.0 Å². The van der Waals surface area contributed by atoms with Gasteiger partial charge < -0.3 is 15.4 Å². The topological polar surface area (TPSA) is 105 Å². The number of ether oxygens (including phenoxy) is 1. The van der Waals surface area contributed by atoms with Crippen LogP contribution in [0.2, 0.25) is 0 Å². The SMILES string of the molecule is Cc1cc(C)cc(NC(=O)COC(=O)CCCN2C(=O)CNC2=O)c1. The molecule has 2 rings (SSSR count). The van der Waals surface area contributed by atoms with E-state index in [1.807, 2.05) is 32.0 Å². The van der Waals surface area contributed by atoms with Crippen molar-refractivity contribution in [1.29, 1.82) is 0 Å². The zero-order valence-corrected chi connectivity index (χ0v) is 14.3. The van der Waals surface area contributed by atoms with Crippen LogP contribution in [0.25, 0.3) is 0 Å². The molecule has 1 aromatic rings. The first-order valence-corrected chi connectivity index (χ1v) is 7.97. The molecule has 0 radical (unpaired) electrons. The Morgan fingerprint density at radius 3 is 2.48 bits per heavy atom. The molecule has 1 aliphatic heterocycles. The molecule has 0 aliphatic carbocycles. The highest BCUT2D eigenvalue weighted by molar-refractivity contribution is 6.01. The van der Waals surface area contributed by atoms with Gasteiger partial charge in [0.25, 0.3) is 5.91 Å². The van der Waals surface area contributed by atoms with E-state index < -0.39 is 17.9 Å². The highest BCUT2D eigenvalue weighted by Gasteiger charge is 2.27. The normalized spacial score (nSPS) is 13.6. The summed E-state index contributed by atoms with van der Waals surface area (Å²) < 4.78 is 4.90. The van der Waals surface area contributed by atoms with Crippen LogP contribution < -0.4 is 10.6 Å². The largest absolute Gasteiger partial charge is 0.456 e. The molecule has 8 heteroatoms. The average Bonchev–Trinajstić information content (AvgIpc) is 2.84. The number of carbonyl (C=O) groups is 4. The van der Waals surface area contributed by atoms with Crippen molar-refractivity contribution in [2.75, 3.05) is 25.0 Å². The zero-order valence-electron chi connectivity index (χ0n) is 14.3. The first-order chi connectivity index (χ1) is 11.8. The van der Waals surface area contributed by atoms with Gasteiger partial charge in [-0.25, -0.2) is 4.79 Å². The summed E-state index contributed by atoms with van der Waals surface area (Å²) in [5, 5.41) is 5.07. The Balaban J connectivity index is 1.68. The molecular weight excluding hydrogens is 326 g/mol. The molecule has 2 N–H and O–H groups in total. The van der Waals surface area contributed by atoms with Gasteiger partial charge >= 0.3 is 12.0 Å². The Labute approximate surface area is 145 Å². The van der Waals surface area contributed by atoms with E-state index in [-0.39, 0.29) is 38.4 Å². The molecule has 1 aromatic carbocycles. The van der Waals surface area contributed by atoms with Crippen molar-refractivity contribution in [2.24, 2.45) is 0 Å². The van der Waals surface area contributed by atoms with E-state index in [9.17, 15) is 19.2 Å². The number of anilines is 1. The second-order valence-corrected chi connectivity index (χ2v) is 5.89. The molecule has 0 atom stereocenters. The zero-order chi connectivity index (χ0) is 18.4. The number of benzene rings is 1. The van der Waals surface area contributed by atoms with E-state index in [2.05, 4.69) is 10.6 Å². The van der Waals surface area contributed by atoms with E-state index in [0.29, 0.717) is 5.69 Å². The fourth-order valence-electron chi connectivity index (χ4n) is 2.53. The van der Waals surface area contributed by atoms with E-state index in [1.165, 1.54) is 0 Å². The second-order valence-electron chi connectivity index (χ2n) is 5.89. The van der Waals surface area contributed by atoms with Crippen LogP contribution >= 0.6 is 0 Å². The number of nitrogens with one attached hydrogen (secondary N) is 2. The highest BCUT2D eigenvalue weighted by Crippen LogP contribution is 2.13. The third kappa shape index (κ3) is 5.59. The van der Waals surface area contributed by atoms with Crippen molar-refractivity contribution in [1.82, 2.24) is 10.2 Å². The molecule has 0 unspecified atom stereocenters. The third-order valence-corrected chi connectivity index (χ3v) is 3.57. The summed E-state index contributed by atoms with van der Waals surface area (Å²) in [5.74, 6) is -1.29. The molecule has 25 heavy (non-hydrogen) atoms. The number of imide groups is 1. The van der Waals surface area contributed by atoms with Gasteiger partial charge in [0.15, 0.2) is 6.61 Å². The Morgan fingerprint density at radius 2 is 1.88 bits per heavy atom. The Morgan fingerprint density at radius 1 is 1.20 bits per heavy atom. The average molecular weight is 347 g/mol. The third-order valence-electron chi connectivity index (χ3n) is 3.57. The Bertz CT molecular complexity index is 665. The maximum Gasteiger partial charge on any atom is 0.324 e. The van der Waals surface area contributed by atoms with E-state index in [4.69, 9.17) is 4.74 Å². The first-order valence-electron chi connectivity index (χ1n) is 7.97. The molecular formula is C17H21N3O5. The smallest absolute Gasteiger partial charge is 0.324 e. The van der Waals surface area contributed by atoms with Gasteiger partial charge in [0, 0.05) is 18.7 Å². The molecule has 8 nitrogen and oxygen atoms in total. The van der Waals surface area contributed by atoms with E-state index >= 15 is 0 Å². The molecule has 0 spiro atoms. The van der Waals surface area contributed by atoms with E-state index in [0.717, 1.165) is 16.0 Å². The lowest BCUT2D eigenvalue weighted by Gasteiger charge is -2.11. The minimum atomic E-state index is -0.553. The van der Waals surface area contributed by atoms with Crippen LogP contribution in [-0.4, -0.2) is 48.4 Å². The van der Waals surface area contributed by atoms with Crippen LogP contribution in [0.3, 0.4) is 0 Å². The van der Waals surface area contributed by atoms with Gasteiger partial charge in [-0.1, -0.05) is 6.07 Å². The summed E-state index contributed by atoms with van der Waals surface area (Å²) in [4.78, 5) is 47.2. The number of hydrogen-bond donors (Lipinski definition) is 2.